The fourth-order valence-corrected chi connectivity index (χ4v) is 7.72. The van der Waals surface area contributed by atoms with Gasteiger partial charge in [0.15, 0.2) is 17.5 Å². The molecule has 0 fully saturated rings. The number of furan rings is 1. The van der Waals surface area contributed by atoms with E-state index < -0.39 is 0 Å². The fraction of sp³-hybridized carbons (Fsp3) is 0.0192. The van der Waals surface area contributed by atoms with Gasteiger partial charge in [0.05, 0.1) is 0 Å². The Hall–Kier alpha value is -7.43. The van der Waals surface area contributed by atoms with E-state index in [9.17, 15) is 0 Å². The number of benzene rings is 8. The van der Waals surface area contributed by atoms with Crippen LogP contribution in [0.15, 0.2) is 192 Å². The Morgan fingerprint density at radius 3 is 1.93 bits per heavy atom. The first kappa shape index (κ1) is 33.2. The van der Waals surface area contributed by atoms with E-state index in [0.29, 0.717) is 17.5 Å². The van der Waals surface area contributed by atoms with Crippen molar-refractivity contribution in [3.8, 4) is 45.0 Å². The number of nitrogens with zero attached hydrogens (tertiary/aromatic N) is 3. The molecule has 0 atom stereocenters. The van der Waals surface area contributed by atoms with Crippen LogP contribution in [0, 0.1) is 0 Å². The minimum Gasteiger partial charge on any atom is -0.456 e. The van der Waals surface area contributed by atoms with Gasteiger partial charge >= 0.3 is 0 Å². The number of para-hydroxylation sites is 1. The third kappa shape index (κ3) is 6.04. The molecule has 0 N–H and O–H groups in total. The van der Waals surface area contributed by atoms with Crippen molar-refractivity contribution >= 4 is 55.1 Å². The normalized spacial score (nSPS) is 12.1. The highest BCUT2D eigenvalue weighted by molar-refractivity contribution is 6.16. The largest absolute Gasteiger partial charge is 0.456 e. The Balaban J connectivity index is 1.12. The van der Waals surface area contributed by atoms with Crippen molar-refractivity contribution in [2.24, 2.45) is 0 Å². The summed E-state index contributed by atoms with van der Waals surface area (Å²) in [6, 6.07) is 61.3. The van der Waals surface area contributed by atoms with Gasteiger partial charge in [-0.15, -0.1) is 0 Å². The maximum absolute atomic E-state index is 6.28. The minimum absolute atomic E-state index is 0.612. The molecule has 2 heterocycles. The molecule has 0 spiro atoms. The average Bonchev–Trinajstić information content (AvgIpc) is 3.65. The lowest BCUT2D eigenvalue weighted by atomic mass is 9.93. The number of allylic oxidation sites excluding steroid dienone is 3. The standard InChI is InChI=1S/C52H35N3O/c1-2-35(26-25-34-13-4-3-5-14-34)50-53-51(38-30-27-37(28-31-38)40-32-29-36-15-6-7-16-39(36)33-40)55-52(54-50)45-22-11-18-41-42(19-10-20-43(41)45)44-21-12-24-48-49(44)46-17-8-9-23-47(46)56-48/h2-33H,1H3/b26-25-,35-2+. The van der Waals surface area contributed by atoms with E-state index in [4.69, 9.17) is 19.4 Å². The molecule has 4 heteroatoms. The van der Waals surface area contributed by atoms with Crippen molar-refractivity contribution < 1.29 is 4.42 Å². The maximum atomic E-state index is 6.28. The van der Waals surface area contributed by atoms with Crippen molar-refractivity contribution in [2.75, 3.05) is 0 Å². The first-order chi connectivity index (χ1) is 27.7. The molecule has 10 rings (SSSR count). The lowest BCUT2D eigenvalue weighted by Crippen LogP contribution is -2.02. The fourth-order valence-electron chi connectivity index (χ4n) is 7.72. The van der Waals surface area contributed by atoms with E-state index in [1.165, 1.54) is 16.3 Å². The summed E-state index contributed by atoms with van der Waals surface area (Å²) in [4.78, 5) is 15.5. The summed E-state index contributed by atoms with van der Waals surface area (Å²) in [6.07, 6.45) is 6.24. The van der Waals surface area contributed by atoms with Gasteiger partial charge in [-0.05, 0) is 74.5 Å². The summed E-state index contributed by atoms with van der Waals surface area (Å²) in [5.41, 5.74) is 10.2. The van der Waals surface area contributed by atoms with Gasteiger partial charge in [-0.25, -0.2) is 15.0 Å². The molecule has 10 aromatic rings. The van der Waals surface area contributed by atoms with Crippen molar-refractivity contribution in [2.45, 2.75) is 6.92 Å². The number of hydrogen-bond acceptors (Lipinski definition) is 4. The lowest BCUT2D eigenvalue weighted by Gasteiger charge is -2.13. The third-order valence-electron chi connectivity index (χ3n) is 10.5. The molecular weight excluding hydrogens is 683 g/mol. The van der Waals surface area contributed by atoms with Crippen LogP contribution in [-0.2, 0) is 0 Å². The zero-order valence-electron chi connectivity index (χ0n) is 30.7. The van der Waals surface area contributed by atoms with E-state index in [1.54, 1.807) is 0 Å². The van der Waals surface area contributed by atoms with Gasteiger partial charge in [-0.1, -0.05) is 176 Å². The van der Waals surface area contributed by atoms with Crippen LogP contribution in [-0.4, -0.2) is 15.0 Å². The van der Waals surface area contributed by atoms with Crippen LogP contribution in [0.25, 0.3) is 100 Å². The van der Waals surface area contributed by atoms with Crippen LogP contribution in [0.5, 0.6) is 0 Å². The molecule has 0 aliphatic heterocycles. The predicted octanol–water partition coefficient (Wildman–Crippen LogP) is 13.9. The summed E-state index contributed by atoms with van der Waals surface area (Å²) in [7, 11) is 0. The Labute approximate surface area is 324 Å². The molecule has 0 saturated heterocycles. The van der Waals surface area contributed by atoms with Gasteiger partial charge in [0.2, 0.25) is 0 Å². The molecule has 0 saturated carbocycles. The van der Waals surface area contributed by atoms with Crippen molar-refractivity contribution in [3.63, 3.8) is 0 Å². The number of hydrogen-bond donors (Lipinski definition) is 0. The Morgan fingerprint density at radius 1 is 0.464 bits per heavy atom. The van der Waals surface area contributed by atoms with Crippen molar-refractivity contribution in [3.05, 3.63) is 199 Å². The zero-order valence-corrected chi connectivity index (χ0v) is 30.7. The Kier molecular flexibility index (Phi) is 8.34. The van der Waals surface area contributed by atoms with E-state index in [-0.39, 0.29) is 0 Å². The molecule has 0 amide bonds. The summed E-state index contributed by atoms with van der Waals surface area (Å²) < 4.78 is 6.28. The maximum Gasteiger partial charge on any atom is 0.164 e. The van der Waals surface area contributed by atoms with Crippen LogP contribution < -0.4 is 0 Å². The van der Waals surface area contributed by atoms with Gasteiger partial charge in [0.1, 0.15) is 11.2 Å². The Bertz CT molecular complexity index is 3140. The summed E-state index contributed by atoms with van der Waals surface area (Å²) >= 11 is 0. The van der Waals surface area contributed by atoms with E-state index in [1.807, 2.05) is 43.3 Å². The summed E-state index contributed by atoms with van der Waals surface area (Å²) in [5.74, 6) is 1.84. The van der Waals surface area contributed by atoms with Crippen molar-refractivity contribution in [1.29, 1.82) is 0 Å². The average molecular weight is 718 g/mol. The molecule has 56 heavy (non-hydrogen) atoms. The number of fused-ring (bicyclic) bond motifs is 5. The monoisotopic (exact) mass is 717 g/mol. The molecule has 2 aromatic heterocycles. The summed E-state index contributed by atoms with van der Waals surface area (Å²) in [6.45, 7) is 2.02. The van der Waals surface area contributed by atoms with Crippen LogP contribution in [0.3, 0.4) is 0 Å². The molecule has 8 aromatic carbocycles. The molecular formula is C52H35N3O. The quantitative estimate of drug-likeness (QED) is 0.154. The van der Waals surface area contributed by atoms with E-state index in [2.05, 4.69) is 158 Å². The van der Waals surface area contributed by atoms with Gasteiger partial charge in [-0.2, -0.15) is 0 Å². The highest BCUT2D eigenvalue weighted by Crippen LogP contribution is 2.41. The molecule has 4 nitrogen and oxygen atoms in total. The smallest absolute Gasteiger partial charge is 0.164 e. The third-order valence-corrected chi connectivity index (χ3v) is 10.5. The number of aromatic nitrogens is 3. The van der Waals surface area contributed by atoms with E-state index >= 15 is 0 Å². The van der Waals surface area contributed by atoms with E-state index in [0.717, 1.165) is 71.7 Å². The Morgan fingerprint density at radius 2 is 1.09 bits per heavy atom. The highest BCUT2D eigenvalue weighted by Gasteiger charge is 2.18. The van der Waals surface area contributed by atoms with Gasteiger partial charge < -0.3 is 4.42 Å². The minimum atomic E-state index is 0.612. The molecule has 0 aliphatic carbocycles. The SMILES string of the molecule is C/C=C(\C=C/c1ccccc1)c1nc(-c2ccc(-c3ccc4ccccc4c3)cc2)nc(-c2cccc3c(-c4cccc5oc6ccccc6c45)cccc23)n1. The first-order valence-corrected chi connectivity index (χ1v) is 18.9. The van der Waals surface area contributed by atoms with Crippen molar-refractivity contribution in [1.82, 2.24) is 15.0 Å². The zero-order chi connectivity index (χ0) is 37.4. The molecule has 264 valence electrons. The molecule has 0 radical (unpaired) electrons. The van der Waals surface area contributed by atoms with Gasteiger partial charge in [-0.3, -0.25) is 0 Å². The van der Waals surface area contributed by atoms with Gasteiger partial charge in [0.25, 0.3) is 0 Å². The van der Waals surface area contributed by atoms with Crippen LogP contribution >= 0.6 is 0 Å². The molecule has 0 aliphatic rings. The van der Waals surface area contributed by atoms with Crippen LogP contribution in [0.4, 0.5) is 0 Å². The number of rotatable bonds is 7. The van der Waals surface area contributed by atoms with Gasteiger partial charge in [0, 0.05) is 27.5 Å². The lowest BCUT2D eigenvalue weighted by molar-refractivity contribution is 0.669. The van der Waals surface area contributed by atoms with Crippen LogP contribution in [0.1, 0.15) is 18.3 Å². The summed E-state index contributed by atoms with van der Waals surface area (Å²) in [5, 5.41) is 6.84. The predicted molar refractivity (Wildman–Crippen MR) is 233 cm³/mol. The highest BCUT2D eigenvalue weighted by atomic mass is 16.3. The molecule has 0 unspecified atom stereocenters. The second-order valence-corrected chi connectivity index (χ2v) is 13.9. The first-order valence-electron chi connectivity index (χ1n) is 18.9. The second kappa shape index (κ2) is 14.1. The second-order valence-electron chi connectivity index (χ2n) is 13.9. The molecule has 0 bridgehead atoms. The topological polar surface area (TPSA) is 51.8 Å². The van der Waals surface area contributed by atoms with Crippen LogP contribution in [0.2, 0.25) is 0 Å².